The van der Waals surface area contributed by atoms with Gasteiger partial charge in [0.05, 0.1) is 6.10 Å². The molecular formula is C27H44O. The molecule has 3 fully saturated rings. The van der Waals surface area contributed by atoms with E-state index in [4.69, 9.17) is 0 Å². The monoisotopic (exact) mass is 384 g/mol. The highest BCUT2D eigenvalue weighted by Gasteiger charge is 2.50. The Labute approximate surface area is 174 Å². The van der Waals surface area contributed by atoms with Crippen LogP contribution in [0, 0.1) is 29.1 Å². The smallest absolute Gasteiger partial charge is 0.0583 e. The second-order valence-electron chi connectivity index (χ2n) is 10.8. The van der Waals surface area contributed by atoms with Crippen molar-refractivity contribution in [2.24, 2.45) is 29.1 Å². The standard InChI is InChI=1S/C27H44O/c1-19(2)8-6-9-21(4)25-15-16-26-22(10-7-17-27(25,26)5)12-13-23-18-24(28)14-11-20(23)3/h12-13,19,21,24-26,28H,3,6-11,14-18H2,1-2,4-5H3/b22-12+,23-13-/t21-,24+,25?,26?,27?/m1/s1. The number of hydrogen-bond acceptors (Lipinski definition) is 1. The lowest BCUT2D eigenvalue weighted by Crippen LogP contribution is -2.36. The van der Waals surface area contributed by atoms with E-state index >= 15 is 0 Å². The Hall–Kier alpha value is -0.820. The lowest BCUT2D eigenvalue weighted by Gasteiger charge is -2.44. The summed E-state index contributed by atoms with van der Waals surface area (Å²) in [4.78, 5) is 0. The van der Waals surface area contributed by atoms with Gasteiger partial charge in [0.1, 0.15) is 0 Å². The highest BCUT2D eigenvalue weighted by Crippen LogP contribution is 2.59. The maximum Gasteiger partial charge on any atom is 0.0583 e. The van der Waals surface area contributed by atoms with Crippen molar-refractivity contribution in [1.82, 2.24) is 0 Å². The van der Waals surface area contributed by atoms with Crippen molar-refractivity contribution in [2.45, 2.75) is 104 Å². The number of allylic oxidation sites excluding steroid dienone is 4. The van der Waals surface area contributed by atoms with Crippen LogP contribution in [-0.4, -0.2) is 11.2 Å². The third kappa shape index (κ3) is 4.84. The van der Waals surface area contributed by atoms with E-state index in [9.17, 15) is 5.11 Å². The average molecular weight is 385 g/mol. The molecule has 0 spiro atoms. The second kappa shape index (κ2) is 9.33. The summed E-state index contributed by atoms with van der Waals surface area (Å²) in [5, 5.41) is 10.0. The second-order valence-corrected chi connectivity index (χ2v) is 10.8. The minimum Gasteiger partial charge on any atom is -0.393 e. The van der Waals surface area contributed by atoms with Crippen LogP contribution in [0.3, 0.4) is 0 Å². The summed E-state index contributed by atoms with van der Waals surface area (Å²) in [6.45, 7) is 14.1. The molecule has 0 aromatic carbocycles. The van der Waals surface area contributed by atoms with Crippen LogP contribution in [0.25, 0.3) is 0 Å². The highest BCUT2D eigenvalue weighted by atomic mass is 16.3. The van der Waals surface area contributed by atoms with E-state index in [0.717, 1.165) is 42.9 Å². The van der Waals surface area contributed by atoms with Crippen molar-refractivity contribution >= 4 is 0 Å². The molecule has 158 valence electrons. The van der Waals surface area contributed by atoms with Crippen molar-refractivity contribution in [3.63, 3.8) is 0 Å². The maximum atomic E-state index is 10.0. The number of aliphatic hydroxyl groups is 1. The molecule has 0 saturated heterocycles. The molecule has 0 heterocycles. The summed E-state index contributed by atoms with van der Waals surface area (Å²) in [7, 11) is 0. The van der Waals surface area contributed by atoms with E-state index in [2.05, 4.69) is 46.4 Å². The minimum absolute atomic E-state index is 0.172. The zero-order valence-corrected chi connectivity index (χ0v) is 19.0. The van der Waals surface area contributed by atoms with Gasteiger partial charge in [0.2, 0.25) is 0 Å². The topological polar surface area (TPSA) is 20.2 Å². The van der Waals surface area contributed by atoms with Crippen LogP contribution in [-0.2, 0) is 0 Å². The Kier molecular flexibility index (Phi) is 7.29. The Morgan fingerprint density at radius 3 is 2.64 bits per heavy atom. The van der Waals surface area contributed by atoms with Gasteiger partial charge in [0.15, 0.2) is 0 Å². The van der Waals surface area contributed by atoms with Crippen molar-refractivity contribution in [1.29, 1.82) is 0 Å². The number of rotatable bonds is 6. The van der Waals surface area contributed by atoms with Gasteiger partial charge in [-0.25, -0.2) is 0 Å². The first-order valence-electron chi connectivity index (χ1n) is 12.1. The summed E-state index contributed by atoms with van der Waals surface area (Å²) in [5.74, 6) is 3.37. The Bertz CT molecular complexity index is 610. The molecule has 0 aliphatic heterocycles. The van der Waals surface area contributed by atoms with E-state index in [0.29, 0.717) is 5.41 Å². The third-order valence-electron chi connectivity index (χ3n) is 8.35. The predicted molar refractivity (Wildman–Crippen MR) is 121 cm³/mol. The molecule has 0 aromatic rings. The third-order valence-corrected chi connectivity index (χ3v) is 8.35. The van der Waals surface area contributed by atoms with Gasteiger partial charge in [-0.3, -0.25) is 0 Å². The molecule has 0 radical (unpaired) electrons. The normalized spacial score (nSPS) is 37.6. The molecule has 3 aliphatic rings. The van der Waals surface area contributed by atoms with Crippen LogP contribution in [0.5, 0.6) is 0 Å². The van der Waals surface area contributed by atoms with E-state index in [1.165, 1.54) is 62.5 Å². The van der Waals surface area contributed by atoms with Gasteiger partial charge in [-0.1, -0.05) is 76.8 Å². The number of aliphatic hydroxyl groups excluding tert-OH is 1. The highest BCUT2D eigenvalue weighted by molar-refractivity contribution is 5.36. The zero-order valence-electron chi connectivity index (χ0n) is 19.0. The maximum absolute atomic E-state index is 10.0. The minimum atomic E-state index is -0.172. The van der Waals surface area contributed by atoms with E-state index in [-0.39, 0.29) is 6.10 Å². The average Bonchev–Trinajstić information content (AvgIpc) is 2.99. The molecule has 5 atom stereocenters. The zero-order chi connectivity index (χ0) is 20.3. The number of fused-ring (bicyclic) bond motifs is 1. The van der Waals surface area contributed by atoms with Gasteiger partial charge in [0.25, 0.3) is 0 Å². The van der Waals surface area contributed by atoms with E-state index < -0.39 is 0 Å². The van der Waals surface area contributed by atoms with Gasteiger partial charge < -0.3 is 5.11 Å². The first kappa shape index (κ1) is 21.9. The van der Waals surface area contributed by atoms with Crippen LogP contribution in [0.2, 0.25) is 0 Å². The van der Waals surface area contributed by atoms with E-state index in [1.54, 1.807) is 5.57 Å². The quantitative estimate of drug-likeness (QED) is 0.499. The lowest BCUT2D eigenvalue weighted by molar-refractivity contribution is 0.0929. The van der Waals surface area contributed by atoms with Crippen molar-refractivity contribution in [2.75, 3.05) is 0 Å². The molecule has 1 heteroatoms. The summed E-state index contributed by atoms with van der Waals surface area (Å²) >= 11 is 0. The fraction of sp³-hybridized carbons (Fsp3) is 0.778. The van der Waals surface area contributed by atoms with Gasteiger partial charge >= 0.3 is 0 Å². The summed E-state index contributed by atoms with van der Waals surface area (Å²) in [6, 6.07) is 0. The molecule has 3 unspecified atom stereocenters. The van der Waals surface area contributed by atoms with Crippen molar-refractivity contribution < 1.29 is 5.11 Å². The van der Waals surface area contributed by atoms with Gasteiger partial charge in [-0.15, -0.1) is 0 Å². The Morgan fingerprint density at radius 1 is 1.11 bits per heavy atom. The Balaban J connectivity index is 1.70. The molecule has 0 aromatic heterocycles. The molecule has 28 heavy (non-hydrogen) atoms. The van der Waals surface area contributed by atoms with Crippen molar-refractivity contribution in [3.05, 3.63) is 35.5 Å². The summed E-state index contributed by atoms with van der Waals surface area (Å²) in [5.41, 5.74) is 4.72. The van der Waals surface area contributed by atoms with Crippen LogP contribution >= 0.6 is 0 Å². The van der Waals surface area contributed by atoms with Gasteiger partial charge in [-0.2, -0.15) is 0 Å². The molecule has 1 N–H and O–H groups in total. The van der Waals surface area contributed by atoms with Crippen LogP contribution in [0.15, 0.2) is 35.5 Å². The lowest BCUT2D eigenvalue weighted by atomic mass is 9.60. The fourth-order valence-electron chi connectivity index (χ4n) is 6.66. The first-order chi connectivity index (χ1) is 13.3. The molecule has 3 rings (SSSR count). The number of hydrogen-bond donors (Lipinski definition) is 1. The molecule has 0 bridgehead atoms. The van der Waals surface area contributed by atoms with Crippen LogP contribution in [0.4, 0.5) is 0 Å². The van der Waals surface area contributed by atoms with Crippen molar-refractivity contribution in [3.8, 4) is 0 Å². The summed E-state index contributed by atoms with van der Waals surface area (Å²) < 4.78 is 0. The molecule has 0 amide bonds. The van der Waals surface area contributed by atoms with E-state index in [1.807, 2.05) is 0 Å². The summed E-state index contributed by atoms with van der Waals surface area (Å²) in [6.07, 6.45) is 18.2. The fourth-order valence-corrected chi connectivity index (χ4v) is 6.66. The Morgan fingerprint density at radius 2 is 1.89 bits per heavy atom. The molecule has 3 saturated carbocycles. The first-order valence-corrected chi connectivity index (χ1v) is 12.1. The largest absolute Gasteiger partial charge is 0.393 e. The van der Waals surface area contributed by atoms with Crippen LogP contribution < -0.4 is 0 Å². The van der Waals surface area contributed by atoms with Gasteiger partial charge in [-0.05, 0) is 86.0 Å². The van der Waals surface area contributed by atoms with Crippen LogP contribution in [0.1, 0.15) is 98.3 Å². The molecule has 1 nitrogen and oxygen atoms in total. The molecular weight excluding hydrogens is 340 g/mol. The SMILES string of the molecule is C=C1CC[C@H](O)C/C1=C/C=C1\CCCC2(C)C1CCC2[C@H](C)CCCC(C)C. The predicted octanol–water partition coefficient (Wildman–Crippen LogP) is 7.62. The van der Waals surface area contributed by atoms with Gasteiger partial charge in [0, 0.05) is 0 Å². The molecule has 3 aliphatic carbocycles.